The minimum Gasteiger partial charge on any atom is -0.497 e. The van der Waals surface area contributed by atoms with E-state index in [4.69, 9.17) is 9.15 Å². The fourth-order valence-corrected chi connectivity index (χ4v) is 3.90. The summed E-state index contributed by atoms with van der Waals surface area (Å²) in [5.74, 6) is 3.56. The molecule has 0 radical (unpaired) electrons. The van der Waals surface area contributed by atoms with Gasteiger partial charge in [-0.1, -0.05) is 6.92 Å². The van der Waals surface area contributed by atoms with Gasteiger partial charge in [-0.25, -0.2) is 0 Å². The molecule has 5 nitrogen and oxygen atoms in total. The monoisotopic (exact) mass is 384 g/mol. The highest BCUT2D eigenvalue weighted by Gasteiger charge is 2.21. The molecule has 0 spiro atoms. The molecule has 0 saturated carbocycles. The number of hydrogen-bond donors (Lipinski definition) is 1. The number of methoxy groups -OCH3 is 1. The van der Waals surface area contributed by atoms with Gasteiger partial charge in [-0.3, -0.25) is 9.69 Å². The number of furan rings is 1. The van der Waals surface area contributed by atoms with Crippen molar-refractivity contribution in [2.75, 3.05) is 25.5 Å². The van der Waals surface area contributed by atoms with Gasteiger partial charge in [-0.15, -0.1) is 0 Å². The summed E-state index contributed by atoms with van der Waals surface area (Å²) in [7, 11) is 1.65. The molecule has 1 aliphatic heterocycles. The van der Waals surface area contributed by atoms with E-state index < -0.39 is 0 Å². The number of hydrogen-bond acceptors (Lipinski definition) is 4. The molecule has 152 valence electrons. The van der Waals surface area contributed by atoms with E-state index >= 15 is 0 Å². The second-order valence-electron chi connectivity index (χ2n) is 7.73. The normalized spacial score (nSPS) is 17.5. The van der Waals surface area contributed by atoms with Crippen LogP contribution in [0.3, 0.4) is 0 Å². The summed E-state index contributed by atoms with van der Waals surface area (Å²) >= 11 is 0. The number of anilines is 1. The van der Waals surface area contributed by atoms with Crippen LogP contribution in [0, 0.1) is 12.8 Å². The quantitative estimate of drug-likeness (QED) is 0.711. The summed E-state index contributed by atoms with van der Waals surface area (Å²) in [6.07, 6.45) is 4.81. The Hall–Kier alpha value is -2.27. The number of piperidine rings is 1. The van der Waals surface area contributed by atoms with Crippen molar-refractivity contribution < 1.29 is 13.9 Å². The Balaban J connectivity index is 1.45. The van der Waals surface area contributed by atoms with Crippen LogP contribution in [-0.4, -0.2) is 31.0 Å². The smallest absolute Gasteiger partial charge is 0.224 e. The van der Waals surface area contributed by atoms with Crippen LogP contribution in [-0.2, 0) is 17.8 Å². The van der Waals surface area contributed by atoms with E-state index in [1.165, 1.54) is 12.8 Å². The average Bonchev–Trinajstić information content (AvgIpc) is 3.16. The fourth-order valence-electron chi connectivity index (χ4n) is 3.90. The van der Waals surface area contributed by atoms with Crippen LogP contribution in [0.15, 0.2) is 34.7 Å². The lowest BCUT2D eigenvalue weighted by molar-refractivity contribution is -0.116. The van der Waals surface area contributed by atoms with Gasteiger partial charge in [-0.2, -0.15) is 0 Å². The largest absolute Gasteiger partial charge is 0.497 e. The molecule has 1 aromatic carbocycles. The number of ether oxygens (including phenoxy) is 1. The van der Waals surface area contributed by atoms with E-state index in [2.05, 4.69) is 29.3 Å². The fraction of sp³-hybridized carbons (Fsp3) is 0.522. The lowest BCUT2D eigenvalue weighted by atomic mass is 9.93. The summed E-state index contributed by atoms with van der Waals surface area (Å²) in [4.78, 5) is 14.9. The van der Waals surface area contributed by atoms with E-state index in [-0.39, 0.29) is 5.91 Å². The molecular weight excluding hydrogens is 352 g/mol. The Kier molecular flexibility index (Phi) is 7.15. The van der Waals surface area contributed by atoms with E-state index in [1.807, 2.05) is 25.1 Å². The molecule has 1 atom stereocenters. The Morgan fingerprint density at radius 3 is 2.82 bits per heavy atom. The Labute approximate surface area is 168 Å². The Morgan fingerprint density at radius 2 is 2.11 bits per heavy atom. The minimum atomic E-state index is 0.0870. The molecule has 2 heterocycles. The van der Waals surface area contributed by atoms with Crippen molar-refractivity contribution in [2.24, 2.45) is 5.92 Å². The third-order valence-electron chi connectivity index (χ3n) is 5.54. The summed E-state index contributed by atoms with van der Waals surface area (Å²) in [6, 6.07) is 9.88. The highest BCUT2D eigenvalue weighted by Crippen LogP contribution is 2.24. The second kappa shape index (κ2) is 9.78. The molecule has 1 saturated heterocycles. The molecule has 5 heteroatoms. The van der Waals surface area contributed by atoms with Gasteiger partial charge in [0.1, 0.15) is 17.3 Å². The molecule has 1 N–H and O–H groups in total. The minimum absolute atomic E-state index is 0.0870. The molecule has 1 aromatic heterocycles. The van der Waals surface area contributed by atoms with E-state index in [9.17, 15) is 4.79 Å². The molecule has 0 aliphatic carbocycles. The van der Waals surface area contributed by atoms with Crippen molar-refractivity contribution in [3.63, 3.8) is 0 Å². The molecule has 2 aromatic rings. The number of likely N-dealkylation sites (tertiary alicyclic amines) is 1. The van der Waals surface area contributed by atoms with Gasteiger partial charge in [0.15, 0.2) is 0 Å². The third kappa shape index (κ3) is 5.61. The number of carbonyl (C=O) groups is 1. The van der Waals surface area contributed by atoms with Crippen molar-refractivity contribution >= 4 is 11.6 Å². The average molecular weight is 385 g/mol. The molecule has 1 aliphatic rings. The van der Waals surface area contributed by atoms with Crippen molar-refractivity contribution in [1.82, 2.24) is 4.90 Å². The van der Waals surface area contributed by atoms with Crippen molar-refractivity contribution in [3.8, 4) is 5.75 Å². The predicted octanol–water partition coefficient (Wildman–Crippen LogP) is 4.79. The number of nitrogens with zero attached hydrogens (tertiary/aromatic N) is 1. The van der Waals surface area contributed by atoms with Gasteiger partial charge in [-0.05, 0) is 74.5 Å². The van der Waals surface area contributed by atoms with Crippen LogP contribution in [0.25, 0.3) is 0 Å². The third-order valence-corrected chi connectivity index (χ3v) is 5.54. The zero-order valence-corrected chi connectivity index (χ0v) is 17.3. The van der Waals surface area contributed by atoms with Crippen LogP contribution in [0.2, 0.25) is 0 Å². The number of nitrogens with one attached hydrogen (secondary N) is 1. The lowest BCUT2D eigenvalue weighted by Crippen LogP contribution is -2.35. The molecule has 1 fully saturated rings. The molecule has 0 unspecified atom stereocenters. The topological polar surface area (TPSA) is 54.7 Å². The van der Waals surface area contributed by atoms with Crippen LogP contribution in [0.4, 0.5) is 5.69 Å². The Bertz CT molecular complexity index is 784. The summed E-state index contributed by atoms with van der Waals surface area (Å²) < 4.78 is 11.1. The molecule has 28 heavy (non-hydrogen) atoms. The number of carbonyl (C=O) groups excluding carboxylic acids is 1. The van der Waals surface area contributed by atoms with Crippen molar-refractivity contribution in [1.29, 1.82) is 0 Å². The molecule has 0 bridgehead atoms. The summed E-state index contributed by atoms with van der Waals surface area (Å²) in [6.45, 7) is 7.11. The molecule has 3 rings (SSSR count). The van der Waals surface area contributed by atoms with Gasteiger partial charge in [0.2, 0.25) is 5.91 Å². The number of rotatable bonds is 8. The highest BCUT2D eigenvalue weighted by molar-refractivity contribution is 5.91. The first kappa shape index (κ1) is 20.5. The maximum atomic E-state index is 12.4. The number of aryl methyl sites for hydroxylation is 2. The van der Waals surface area contributed by atoms with Crippen LogP contribution in [0.1, 0.15) is 49.7 Å². The second-order valence-corrected chi connectivity index (χ2v) is 7.73. The first-order valence-electron chi connectivity index (χ1n) is 10.3. The molecular formula is C23H32N2O3. The van der Waals surface area contributed by atoms with Crippen LogP contribution < -0.4 is 10.1 Å². The first-order valence-corrected chi connectivity index (χ1v) is 10.3. The SMILES string of the molecule is CCc1ccc(CN2CCC[C@@H](CCC(=O)Nc3ccc(OC)cc3C)C2)o1. The van der Waals surface area contributed by atoms with E-state index in [0.29, 0.717) is 12.3 Å². The number of amides is 1. The van der Waals surface area contributed by atoms with Crippen molar-refractivity contribution in [2.45, 2.75) is 52.5 Å². The zero-order chi connectivity index (χ0) is 19.9. The van der Waals surface area contributed by atoms with Crippen molar-refractivity contribution in [3.05, 3.63) is 47.4 Å². The van der Waals surface area contributed by atoms with Crippen LogP contribution in [0.5, 0.6) is 5.75 Å². The van der Waals surface area contributed by atoms with Gasteiger partial charge < -0.3 is 14.5 Å². The molecule has 1 amide bonds. The summed E-state index contributed by atoms with van der Waals surface area (Å²) in [5, 5.41) is 3.04. The summed E-state index contributed by atoms with van der Waals surface area (Å²) in [5.41, 5.74) is 1.88. The number of benzene rings is 1. The van der Waals surface area contributed by atoms with E-state index in [0.717, 1.165) is 61.0 Å². The lowest BCUT2D eigenvalue weighted by Gasteiger charge is -2.32. The van der Waals surface area contributed by atoms with Gasteiger partial charge in [0.25, 0.3) is 0 Å². The van der Waals surface area contributed by atoms with Gasteiger partial charge >= 0.3 is 0 Å². The maximum Gasteiger partial charge on any atom is 0.224 e. The Morgan fingerprint density at radius 1 is 1.29 bits per heavy atom. The highest BCUT2D eigenvalue weighted by atomic mass is 16.5. The predicted molar refractivity (Wildman–Crippen MR) is 112 cm³/mol. The standard InChI is InChI=1S/C23H32N2O3/c1-4-19-8-9-21(28-19)16-25-13-5-6-18(15-25)7-12-23(26)24-22-11-10-20(27-3)14-17(22)2/h8-11,14,18H,4-7,12-13,15-16H2,1-3H3,(H,24,26)/t18-/m0/s1. The van der Waals surface area contributed by atoms with Gasteiger partial charge in [0, 0.05) is 25.1 Å². The van der Waals surface area contributed by atoms with Crippen LogP contribution >= 0.6 is 0 Å². The van der Waals surface area contributed by atoms with E-state index in [1.54, 1.807) is 7.11 Å². The first-order chi connectivity index (χ1) is 13.6. The van der Waals surface area contributed by atoms with Gasteiger partial charge in [0.05, 0.1) is 13.7 Å². The zero-order valence-electron chi connectivity index (χ0n) is 17.3. The maximum absolute atomic E-state index is 12.4.